The maximum Gasteiger partial charge on any atom is 0.311 e. The maximum absolute atomic E-state index is 13.0. The number of carbonyl (C=O) groups is 1. The van der Waals surface area contributed by atoms with Gasteiger partial charge in [-0.2, -0.15) is 0 Å². The molecular formula is C17H16ClFO4. The van der Waals surface area contributed by atoms with Gasteiger partial charge in [0.1, 0.15) is 5.82 Å². The van der Waals surface area contributed by atoms with Crippen LogP contribution in [0.4, 0.5) is 4.39 Å². The first-order valence-electron chi connectivity index (χ1n) is 6.85. The van der Waals surface area contributed by atoms with Crippen molar-refractivity contribution in [1.29, 1.82) is 0 Å². The molecule has 0 radical (unpaired) electrons. The fourth-order valence-corrected chi connectivity index (χ4v) is 2.68. The Bertz CT molecular complexity index is 700. The summed E-state index contributed by atoms with van der Waals surface area (Å²) in [6.07, 6.45) is 0.195. The Kier molecular flexibility index (Phi) is 5.45. The molecule has 6 heteroatoms. The van der Waals surface area contributed by atoms with Crippen LogP contribution in [0.3, 0.4) is 0 Å². The Morgan fingerprint density at radius 2 is 1.87 bits per heavy atom. The van der Waals surface area contributed by atoms with Crippen LogP contribution < -0.4 is 9.47 Å². The van der Waals surface area contributed by atoms with Crippen LogP contribution in [0.15, 0.2) is 36.4 Å². The molecule has 0 aliphatic rings. The molecular weight excluding hydrogens is 323 g/mol. The lowest BCUT2D eigenvalue weighted by Crippen LogP contribution is -2.14. The molecule has 0 spiro atoms. The molecule has 0 saturated carbocycles. The number of benzene rings is 2. The molecule has 2 aromatic carbocycles. The van der Waals surface area contributed by atoms with E-state index in [2.05, 4.69) is 0 Å². The predicted octanol–water partition coefficient (Wildman–Crippen LogP) is 3.91. The molecule has 122 valence electrons. The van der Waals surface area contributed by atoms with Crippen molar-refractivity contribution in [2.75, 3.05) is 14.2 Å². The van der Waals surface area contributed by atoms with Crippen molar-refractivity contribution in [3.8, 4) is 11.5 Å². The van der Waals surface area contributed by atoms with Crippen molar-refractivity contribution in [2.24, 2.45) is 0 Å². The Morgan fingerprint density at radius 3 is 2.39 bits per heavy atom. The Hall–Kier alpha value is -2.27. The minimum Gasteiger partial charge on any atom is -0.493 e. The van der Waals surface area contributed by atoms with Crippen LogP contribution in [0.5, 0.6) is 11.5 Å². The van der Waals surface area contributed by atoms with Gasteiger partial charge >= 0.3 is 5.97 Å². The second-order valence-electron chi connectivity index (χ2n) is 4.96. The zero-order valence-corrected chi connectivity index (χ0v) is 13.4. The highest BCUT2D eigenvalue weighted by atomic mass is 35.5. The number of rotatable bonds is 6. The lowest BCUT2D eigenvalue weighted by atomic mass is 9.92. The topological polar surface area (TPSA) is 55.8 Å². The van der Waals surface area contributed by atoms with Crippen LogP contribution in [0.25, 0.3) is 0 Å². The number of aliphatic carboxylic acids is 1. The molecule has 1 N–H and O–H groups in total. The van der Waals surface area contributed by atoms with Crippen LogP contribution in [0, 0.1) is 5.82 Å². The Morgan fingerprint density at radius 1 is 1.22 bits per heavy atom. The van der Waals surface area contributed by atoms with E-state index in [0.29, 0.717) is 27.6 Å². The molecule has 0 aliphatic heterocycles. The van der Waals surface area contributed by atoms with Gasteiger partial charge in [-0.15, -0.1) is 0 Å². The normalized spacial score (nSPS) is 11.8. The van der Waals surface area contributed by atoms with Crippen LogP contribution in [-0.4, -0.2) is 25.3 Å². The second kappa shape index (κ2) is 7.33. The minimum absolute atomic E-state index is 0.195. The lowest BCUT2D eigenvalue weighted by molar-refractivity contribution is -0.138. The summed E-state index contributed by atoms with van der Waals surface area (Å²) in [5, 5.41) is 9.81. The minimum atomic E-state index is -0.998. The van der Waals surface area contributed by atoms with Gasteiger partial charge in [0.15, 0.2) is 11.5 Å². The number of ether oxygens (including phenoxy) is 2. The zero-order chi connectivity index (χ0) is 17.0. The molecule has 1 unspecified atom stereocenters. The summed E-state index contributed by atoms with van der Waals surface area (Å²) in [6, 6.07) is 8.75. The Balaban J connectivity index is 2.35. The number of carboxylic acid groups (broad SMARTS) is 1. The number of hydrogen-bond donors (Lipinski definition) is 1. The second-order valence-corrected chi connectivity index (χ2v) is 5.37. The van der Waals surface area contributed by atoms with Crippen molar-refractivity contribution in [2.45, 2.75) is 12.3 Å². The molecule has 0 saturated heterocycles. The molecule has 0 bridgehead atoms. The maximum atomic E-state index is 13.0. The fraction of sp³-hybridized carbons (Fsp3) is 0.235. The first-order valence-corrected chi connectivity index (χ1v) is 7.22. The quantitative estimate of drug-likeness (QED) is 0.867. The standard InChI is InChI=1S/C17H16ClFO4/c1-22-15-9-10(8-14(18)16(15)23-2)7-13(17(20)21)11-3-5-12(19)6-4-11/h3-6,8-9,13H,7H2,1-2H3,(H,20,21). The van der Waals surface area contributed by atoms with Crippen molar-refractivity contribution >= 4 is 17.6 Å². The number of hydrogen-bond acceptors (Lipinski definition) is 3. The van der Waals surface area contributed by atoms with Gasteiger partial charge in [0, 0.05) is 0 Å². The average molecular weight is 339 g/mol. The van der Waals surface area contributed by atoms with Crippen LogP contribution in [0.1, 0.15) is 17.0 Å². The van der Waals surface area contributed by atoms with E-state index < -0.39 is 17.7 Å². The van der Waals surface area contributed by atoms with Crippen molar-refractivity contribution in [1.82, 2.24) is 0 Å². The molecule has 0 amide bonds. The van der Waals surface area contributed by atoms with E-state index in [0.717, 1.165) is 0 Å². The van der Waals surface area contributed by atoms with Crippen molar-refractivity contribution < 1.29 is 23.8 Å². The van der Waals surface area contributed by atoms with Gasteiger partial charge < -0.3 is 14.6 Å². The number of methoxy groups -OCH3 is 2. The molecule has 4 nitrogen and oxygen atoms in total. The summed E-state index contributed by atoms with van der Waals surface area (Å²) in [5.41, 5.74) is 1.20. The smallest absolute Gasteiger partial charge is 0.311 e. The highest BCUT2D eigenvalue weighted by molar-refractivity contribution is 6.32. The summed E-state index contributed by atoms with van der Waals surface area (Å²) in [5.74, 6) is -1.40. The molecule has 0 aromatic heterocycles. The van der Waals surface area contributed by atoms with Gasteiger partial charge in [-0.1, -0.05) is 23.7 Å². The lowest BCUT2D eigenvalue weighted by Gasteiger charge is -2.16. The third kappa shape index (κ3) is 3.93. The van der Waals surface area contributed by atoms with Gasteiger partial charge in [-0.05, 0) is 41.8 Å². The largest absolute Gasteiger partial charge is 0.493 e. The van der Waals surface area contributed by atoms with E-state index >= 15 is 0 Å². The molecule has 0 fully saturated rings. The highest BCUT2D eigenvalue weighted by Crippen LogP contribution is 2.37. The summed E-state index contributed by atoms with van der Waals surface area (Å²) >= 11 is 6.14. The molecule has 23 heavy (non-hydrogen) atoms. The van der Waals surface area contributed by atoms with Gasteiger partial charge in [0.25, 0.3) is 0 Å². The predicted molar refractivity (Wildman–Crippen MR) is 85.0 cm³/mol. The first-order chi connectivity index (χ1) is 11.0. The molecule has 2 aromatic rings. The number of carboxylic acids is 1. The van der Waals surface area contributed by atoms with E-state index in [4.69, 9.17) is 21.1 Å². The van der Waals surface area contributed by atoms with Gasteiger partial charge in [-0.3, -0.25) is 4.79 Å². The van der Waals surface area contributed by atoms with Crippen LogP contribution >= 0.6 is 11.6 Å². The van der Waals surface area contributed by atoms with E-state index in [1.807, 2.05) is 0 Å². The average Bonchev–Trinajstić information content (AvgIpc) is 2.52. The first kappa shape index (κ1) is 17.1. The molecule has 1 atom stereocenters. The summed E-state index contributed by atoms with van der Waals surface area (Å²) in [7, 11) is 2.95. The highest BCUT2D eigenvalue weighted by Gasteiger charge is 2.22. The molecule has 2 rings (SSSR count). The molecule has 0 heterocycles. The SMILES string of the molecule is COc1cc(CC(C(=O)O)c2ccc(F)cc2)cc(Cl)c1OC. The van der Waals surface area contributed by atoms with Gasteiger partial charge in [0.05, 0.1) is 25.2 Å². The summed E-state index contributed by atoms with van der Waals surface area (Å²) in [4.78, 5) is 11.6. The van der Waals surface area contributed by atoms with E-state index in [1.165, 1.54) is 38.5 Å². The van der Waals surface area contributed by atoms with Crippen molar-refractivity contribution in [3.05, 3.63) is 58.4 Å². The third-order valence-corrected chi connectivity index (χ3v) is 3.78. The van der Waals surface area contributed by atoms with E-state index in [-0.39, 0.29) is 6.42 Å². The molecule has 0 aliphatic carbocycles. The third-order valence-electron chi connectivity index (χ3n) is 3.50. The van der Waals surface area contributed by atoms with Gasteiger partial charge in [0.2, 0.25) is 0 Å². The zero-order valence-electron chi connectivity index (χ0n) is 12.7. The van der Waals surface area contributed by atoms with Crippen LogP contribution in [-0.2, 0) is 11.2 Å². The summed E-state index contributed by atoms with van der Waals surface area (Å²) < 4.78 is 23.4. The fourth-order valence-electron chi connectivity index (χ4n) is 2.37. The Labute approximate surface area is 138 Å². The number of halogens is 2. The van der Waals surface area contributed by atoms with Crippen LogP contribution in [0.2, 0.25) is 5.02 Å². The van der Waals surface area contributed by atoms with E-state index in [9.17, 15) is 14.3 Å². The monoisotopic (exact) mass is 338 g/mol. The van der Waals surface area contributed by atoms with Gasteiger partial charge in [-0.25, -0.2) is 4.39 Å². The van der Waals surface area contributed by atoms with E-state index in [1.54, 1.807) is 12.1 Å². The van der Waals surface area contributed by atoms with Crippen molar-refractivity contribution in [3.63, 3.8) is 0 Å². The summed E-state index contributed by atoms with van der Waals surface area (Å²) in [6.45, 7) is 0.